The van der Waals surface area contributed by atoms with Gasteiger partial charge in [-0.1, -0.05) is 0 Å². The van der Waals surface area contributed by atoms with Crippen molar-refractivity contribution in [2.75, 3.05) is 29.8 Å². The minimum absolute atomic E-state index is 0.00541. The number of aromatic carboxylic acids is 1. The van der Waals surface area contributed by atoms with Crippen molar-refractivity contribution in [3.63, 3.8) is 0 Å². The van der Waals surface area contributed by atoms with Gasteiger partial charge < -0.3 is 14.7 Å². The fourth-order valence-electron chi connectivity index (χ4n) is 3.26. The number of nitriles is 1. The Hall–Kier alpha value is -3.39. The van der Waals surface area contributed by atoms with Gasteiger partial charge in [0.1, 0.15) is 10.6 Å². The molecule has 0 bridgehead atoms. The molecule has 1 aliphatic heterocycles. The fraction of sp³-hybridized carbons (Fsp3) is 0.300. The maximum absolute atomic E-state index is 13.5. The van der Waals surface area contributed by atoms with Gasteiger partial charge in [0, 0.05) is 25.9 Å². The van der Waals surface area contributed by atoms with Crippen molar-refractivity contribution in [2.45, 2.75) is 23.7 Å². The minimum Gasteiger partial charge on any atom is -0.495 e. The molecule has 2 aromatic rings. The highest BCUT2D eigenvalue weighted by molar-refractivity contribution is 7.92. The second-order valence-corrected chi connectivity index (χ2v) is 8.61. The van der Waals surface area contributed by atoms with Gasteiger partial charge in [-0.15, -0.1) is 0 Å². The maximum atomic E-state index is 13.5. The standard InChI is InChI=1S/C20H19F2N3O5S/c1-30-17-5-3-14(19(26)27)11-18(17)31(28,29)24-15-10-13(12-23)2-4-16(15)25-8-6-20(21,22)7-9-25/h2-5,10-11,24H,6-9H2,1H3,(H,26,27). The third kappa shape index (κ3) is 4.86. The molecule has 0 spiro atoms. The molecule has 0 saturated carbocycles. The number of alkyl halides is 2. The average Bonchev–Trinajstić information content (AvgIpc) is 2.73. The molecule has 0 amide bonds. The Bertz CT molecular complexity index is 1150. The number of halogens is 2. The molecular formula is C20H19F2N3O5S. The summed E-state index contributed by atoms with van der Waals surface area (Å²) in [4.78, 5) is 12.5. The second kappa shape index (κ2) is 8.39. The molecule has 11 heteroatoms. The largest absolute Gasteiger partial charge is 0.495 e. The molecule has 1 heterocycles. The number of nitrogens with one attached hydrogen (secondary N) is 1. The molecule has 3 rings (SSSR count). The molecule has 2 aromatic carbocycles. The zero-order chi connectivity index (χ0) is 22.8. The molecule has 0 aliphatic carbocycles. The van der Waals surface area contributed by atoms with E-state index in [1.807, 2.05) is 6.07 Å². The van der Waals surface area contributed by atoms with Crippen LogP contribution in [0.3, 0.4) is 0 Å². The van der Waals surface area contributed by atoms with Crippen molar-refractivity contribution in [3.05, 3.63) is 47.5 Å². The number of ether oxygens (including phenoxy) is 1. The van der Waals surface area contributed by atoms with Gasteiger partial charge in [-0.25, -0.2) is 22.0 Å². The van der Waals surface area contributed by atoms with Crippen LogP contribution in [0.15, 0.2) is 41.3 Å². The van der Waals surface area contributed by atoms with Crippen molar-refractivity contribution >= 4 is 27.4 Å². The number of nitrogens with zero attached hydrogens (tertiary/aromatic N) is 2. The Morgan fingerprint density at radius 3 is 2.48 bits per heavy atom. The van der Waals surface area contributed by atoms with Gasteiger partial charge in [0.05, 0.1) is 35.7 Å². The van der Waals surface area contributed by atoms with Gasteiger partial charge in [0.25, 0.3) is 15.9 Å². The van der Waals surface area contributed by atoms with E-state index in [-0.39, 0.29) is 48.5 Å². The van der Waals surface area contributed by atoms with E-state index in [2.05, 4.69) is 4.72 Å². The summed E-state index contributed by atoms with van der Waals surface area (Å²) in [6.07, 6.45) is -0.763. The lowest BCUT2D eigenvalue weighted by Crippen LogP contribution is -2.39. The Balaban J connectivity index is 2.03. The van der Waals surface area contributed by atoms with E-state index >= 15 is 0 Å². The number of hydrogen-bond acceptors (Lipinski definition) is 6. The van der Waals surface area contributed by atoms with Crippen molar-refractivity contribution in [3.8, 4) is 11.8 Å². The summed E-state index contributed by atoms with van der Waals surface area (Å²) < 4.78 is 60.7. The lowest BCUT2D eigenvalue weighted by molar-refractivity contribution is -0.0220. The number of carboxylic acids is 1. The number of sulfonamides is 1. The highest BCUT2D eigenvalue weighted by Gasteiger charge is 2.35. The molecule has 1 fully saturated rings. The minimum atomic E-state index is -4.34. The van der Waals surface area contributed by atoms with Crippen LogP contribution in [0, 0.1) is 11.3 Å². The molecule has 0 aromatic heterocycles. The van der Waals surface area contributed by atoms with E-state index in [0.717, 1.165) is 6.07 Å². The first-order chi connectivity index (χ1) is 14.6. The number of benzene rings is 2. The van der Waals surface area contributed by atoms with Crippen LogP contribution in [0.25, 0.3) is 0 Å². The number of carboxylic acid groups (broad SMARTS) is 1. The molecule has 0 radical (unpaired) electrons. The van der Waals surface area contributed by atoms with Crippen LogP contribution in [-0.2, 0) is 10.0 Å². The Morgan fingerprint density at radius 1 is 1.23 bits per heavy atom. The molecule has 164 valence electrons. The first-order valence-corrected chi connectivity index (χ1v) is 10.7. The van der Waals surface area contributed by atoms with E-state index in [1.165, 1.54) is 37.4 Å². The van der Waals surface area contributed by atoms with E-state index in [1.54, 1.807) is 4.90 Å². The fourth-order valence-corrected chi connectivity index (χ4v) is 4.52. The summed E-state index contributed by atoms with van der Waals surface area (Å²) in [6, 6.07) is 9.54. The lowest BCUT2D eigenvalue weighted by Gasteiger charge is -2.34. The molecule has 0 atom stereocenters. The van der Waals surface area contributed by atoms with E-state index in [9.17, 15) is 32.4 Å². The highest BCUT2D eigenvalue weighted by atomic mass is 32.2. The van der Waals surface area contributed by atoms with Gasteiger partial charge in [-0.3, -0.25) is 4.72 Å². The van der Waals surface area contributed by atoms with Crippen molar-refractivity contribution in [2.24, 2.45) is 0 Å². The van der Waals surface area contributed by atoms with Crippen LogP contribution >= 0.6 is 0 Å². The molecule has 0 unspecified atom stereocenters. The predicted octanol–water partition coefficient (Wildman–Crippen LogP) is 3.30. The summed E-state index contributed by atoms with van der Waals surface area (Å²) in [5.74, 6) is -4.18. The summed E-state index contributed by atoms with van der Waals surface area (Å²) >= 11 is 0. The zero-order valence-electron chi connectivity index (χ0n) is 16.4. The number of carbonyl (C=O) groups is 1. The van der Waals surface area contributed by atoms with E-state index in [4.69, 9.17) is 4.74 Å². The van der Waals surface area contributed by atoms with E-state index < -0.39 is 26.8 Å². The van der Waals surface area contributed by atoms with Gasteiger partial charge in [-0.2, -0.15) is 5.26 Å². The Labute approximate surface area is 177 Å². The van der Waals surface area contributed by atoms with Crippen molar-refractivity contribution in [1.82, 2.24) is 0 Å². The Morgan fingerprint density at radius 2 is 1.90 bits per heavy atom. The molecule has 2 N–H and O–H groups in total. The van der Waals surface area contributed by atoms with Crippen LogP contribution in [-0.4, -0.2) is 45.6 Å². The SMILES string of the molecule is COc1ccc(C(=O)O)cc1S(=O)(=O)Nc1cc(C#N)ccc1N1CCC(F)(F)CC1. The van der Waals surface area contributed by atoms with Crippen LogP contribution in [0.5, 0.6) is 5.75 Å². The predicted molar refractivity (Wildman–Crippen MR) is 108 cm³/mol. The van der Waals surface area contributed by atoms with Crippen LogP contribution < -0.4 is 14.4 Å². The molecule has 8 nitrogen and oxygen atoms in total. The maximum Gasteiger partial charge on any atom is 0.335 e. The van der Waals surface area contributed by atoms with Gasteiger partial charge in [-0.05, 0) is 36.4 Å². The summed E-state index contributed by atoms with van der Waals surface area (Å²) in [5.41, 5.74) is 0.263. The first kappa shape index (κ1) is 22.3. The van der Waals surface area contributed by atoms with Crippen LogP contribution in [0.1, 0.15) is 28.8 Å². The topological polar surface area (TPSA) is 120 Å². The summed E-state index contributed by atoms with van der Waals surface area (Å²) in [5, 5.41) is 18.4. The smallest absolute Gasteiger partial charge is 0.335 e. The van der Waals surface area contributed by atoms with Crippen LogP contribution in [0.2, 0.25) is 0 Å². The quantitative estimate of drug-likeness (QED) is 0.691. The molecular weight excluding hydrogens is 432 g/mol. The third-order valence-electron chi connectivity index (χ3n) is 4.91. The molecule has 1 saturated heterocycles. The summed E-state index contributed by atoms with van der Waals surface area (Å²) in [6.45, 7) is 0.0108. The van der Waals surface area contributed by atoms with Gasteiger partial charge in [0.15, 0.2) is 0 Å². The molecule has 1 aliphatic rings. The monoisotopic (exact) mass is 451 g/mol. The van der Waals surface area contributed by atoms with Gasteiger partial charge >= 0.3 is 5.97 Å². The molecule has 31 heavy (non-hydrogen) atoms. The summed E-state index contributed by atoms with van der Waals surface area (Å²) in [7, 11) is -3.10. The number of hydrogen-bond donors (Lipinski definition) is 2. The first-order valence-electron chi connectivity index (χ1n) is 9.17. The number of rotatable bonds is 6. The van der Waals surface area contributed by atoms with Gasteiger partial charge in [0.2, 0.25) is 0 Å². The lowest BCUT2D eigenvalue weighted by atomic mass is 10.1. The van der Waals surface area contributed by atoms with Crippen molar-refractivity contribution < 1.29 is 31.8 Å². The zero-order valence-corrected chi connectivity index (χ0v) is 17.2. The Kier molecular flexibility index (Phi) is 6.03. The average molecular weight is 451 g/mol. The van der Waals surface area contributed by atoms with Crippen molar-refractivity contribution in [1.29, 1.82) is 5.26 Å². The number of piperidine rings is 1. The second-order valence-electron chi connectivity index (χ2n) is 6.96. The number of methoxy groups -OCH3 is 1. The normalized spacial score (nSPS) is 15.7. The highest BCUT2D eigenvalue weighted by Crippen LogP contribution is 2.36. The van der Waals surface area contributed by atoms with E-state index in [0.29, 0.717) is 5.69 Å². The number of anilines is 2. The van der Waals surface area contributed by atoms with Crippen LogP contribution in [0.4, 0.5) is 20.2 Å². The third-order valence-corrected chi connectivity index (χ3v) is 6.29.